The summed E-state index contributed by atoms with van der Waals surface area (Å²) >= 11 is 7.56. The maximum Gasteiger partial charge on any atom is 0.0957 e. The summed E-state index contributed by atoms with van der Waals surface area (Å²) in [5.41, 5.74) is 8.52. The highest BCUT2D eigenvalue weighted by Gasteiger charge is 2.04. The molecule has 2 N–H and O–H groups in total. The predicted octanol–water partition coefficient (Wildman–Crippen LogP) is 3.71. The molecule has 1 heterocycles. The Morgan fingerprint density at radius 3 is 2.69 bits per heavy atom. The van der Waals surface area contributed by atoms with Gasteiger partial charge in [-0.3, -0.25) is 0 Å². The van der Waals surface area contributed by atoms with E-state index in [1.165, 1.54) is 0 Å². The van der Waals surface area contributed by atoms with Gasteiger partial charge in [0.25, 0.3) is 0 Å². The fraction of sp³-hybridized carbons (Fsp3) is 0.0833. The minimum absolute atomic E-state index is 0.679. The molecule has 1 aromatic heterocycles. The summed E-state index contributed by atoms with van der Waals surface area (Å²) in [6.45, 7) is 0. The van der Waals surface area contributed by atoms with E-state index >= 15 is 0 Å². The number of rotatable bonds is 2. The van der Waals surface area contributed by atoms with Crippen molar-refractivity contribution in [2.45, 2.75) is 5.03 Å². The van der Waals surface area contributed by atoms with Crippen LogP contribution >= 0.6 is 23.4 Å². The summed E-state index contributed by atoms with van der Waals surface area (Å²) in [5.74, 6) is 0. The van der Waals surface area contributed by atoms with Crippen LogP contribution in [-0.2, 0) is 0 Å². The summed E-state index contributed by atoms with van der Waals surface area (Å²) in [6.07, 6.45) is 3.81. The van der Waals surface area contributed by atoms with Gasteiger partial charge in [-0.15, -0.1) is 11.8 Å². The number of aromatic nitrogens is 1. The lowest BCUT2D eigenvalue weighted by atomic mass is 10.1. The highest BCUT2D eigenvalue weighted by atomic mass is 35.5. The molecule has 0 atom stereocenters. The highest BCUT2D eigenvalue weighted by Crippen LogP contribution is 2.28. The fourth-order valence-electron chi connectivity index (χ4n) is 1.44. The molecule has 0 aliphatic rings. The zero-order valence-electron chi connectivity index (χ0n) is 8.77. The van der Waals surface area contributed by atoms with Crippen molar-refractivity contribution in [1.29, 1.82) is 0 Å². The van der Waals surface area contributed by atoms with E-state index in [2.05, 4.69) is 4.98 Å². The Kier molecular flexibility index (Phi) is 3.36. The first-order valence-electron chi connectivity index (χ1n) is 4.76. The number of hydrogen-bond donors (Lipinski definition) is 1. The van der Waals surface area contributed by atoms with Crippen molar-refractivity contribution in [3.8, 4) is 11.1 Å². The molecule has 0 unspecified atom stereocenters. The van der Waals surface area contributed by atoms with Crippen LogP contribution in [0.1, 0.15) is 0 Å². The number of hydrogen-bond acceptors (Lipinski definition) is 3. The molecule has 0 aliphatic carbocycles. The van der Waals surface area contributed by atoms with Crippen LogP contribution in [0, 0.1) is 0 Å². The summed E-state index contributed by atoms with van der Waals surface area (Å²) in [6, 6.07) is 9.41. The zero-order valence-corrected chi connectivity index (χ0v) is 10.3. The molecule has 82 valence electrons. The fourth-order valence-corrected chi connectivity index (χ4v) is 1.97. The normalized spacial score (nSPS) is 10.4. The lowest BCUT2D eigenvalue weighted by Crippen LogP contribution is -1.90. The molecular formula is C12H11ClN2S. The van der Waals surface area contributed by atoms with E-state index in [0.717, 1.165) is 16.2 Å². The van der Waals surface area contributed by atoms with Gasteiger partial charge in [0.2, 0.25) is 0 Å². The number of halogens is 1. The van der Waals surface area contributed by atoms with E-state index in [1.54, 1.807) is 23.9 Å². The molecule has 0 bridgehead atoms. The minimum atomic E-state index is 0.679. The van der Waals surface area contributed by atoms with E-state index < -0.39 is 0 Å². The number of benzene rings is 1. The average Bonchev–Trinajstić information content (AvgIpc) is 2.32. The number of anilines is 1. The molecule has 0 radical (unpaired) electrons. The van der Waals surface area contributed by atoms with Crippen LogP contribution in [0.4, 0.5) is 5.69 Å². The topological polar surface area (TPSA) is 38.9 Å². The Morgan fingerprint density at radius 2 is 2.06 bits per heavy atom. The Hall–Kier alpha value is -1.19. The number of nitrogens with two attached hydrogens (primary N) is 1. The Morgan fingerprint density at radius 1 is 1.25 bits per heavy atom. The molecule has 0 aliphatic heterocycles. The van der Waals surface area contributed by atoms with Gasteiger partial charge in [0.1, 0.15) is 0 Å². The maximum absolute atomic E-state index is 5.95. The van der Waals surface area contributed by atoms with E-state index in [1.807, 2.05) is 30.7 Å². The smallest absolute Gasteiger partial charge is 0.0957 e. The third-order valence-corrected chi connectivity index (χ3v) is 3.17. The van der Waals surface area contributed by atoms with Gasteiger partial charge in [-0.2, -0.15) is 0 Å². The summed E-state index contributed by atoms with van der Waals surface area (Å²) < 4.78 is 0. The second-order valence-electron chi connectivity index (χ2n) is 3.32. The van der Waals surface area contributed by atoms with E-state index in [-0.39, 0.29) is 0 Å². The molecule has 2 rings (SSSR count). The molecule has 0 amide bonds. The lowest BCUT2D eigenvalue weighted by molar-refractivity contribution is 1.14. The Labute approximate surface area is 104 Å². The van der Waals surface area contributed by atoms with Gasteiger partial charge in [-0.25, -0.2) is 4.98 Å². The molecule has 2 aromatic rings. The Balaban J connectivity index is 2.45. The minimum Gasteiger partial charge on any atom is -0.398 e. The summed E-state index contributed by atoms with van der Waals surface area (Å²) in [4.78, 5) is 4.31. The first-order chi connectivity index (χ1) is 7.70. The maximum atomic E-state index is 5.95. The third kappa shape index (κ3) is 2.31. The molecule has 2 nitrogen and oxygen atoms in total. The summed E-state index contributed by atoms with van der Waals surface area (Å²) in [5, 5.41) is 1.67. The standard InChI is InChI=1S/C12H11ClN2S/c1-16-12-5-2-8(7-15-12)10-6-9(13)3-4-11(10)14/h2-7H,14H2,1H3. The van der Waals surface area contributed by atoms with Gasteiger partial charge >= 0.3 is 0 Å². The van der Waals surface area contributed by atoms with Gasteiger partial charge in [0, 0.05) is 28.0 Å². The molecule has 0 spiro atoms. The molecule has 0 saturated heterocycles. The van der Waals surface area contributed by atoms with Gasteiger partial charge in [-0.1, -0.05) is 17.7 Å². The molecule has 1 aromatic carbocycles. The van der Waals surface area contributed by atoms with Crippen molar-refractivity contribution in [2.24, 2.45) is 0 Å². The lowest BCUT2D eigenvalue weighted by Gasteiger charge is -2.06. The number of nitrogens with zero attached hydrogens (tertiary/aromatic N) is 1. The number of pyridine rings is 1. The summed E-state index contributed by atoms with van der Waals surface area (Å²) in [7, 11) is 0. The van der Waals surface area contributed by atoms with Crippen LogP contribution in [0.5, 0.6) is 0 Å². The molecular weight excluding hydrogens is 240 g/mol. The van der Waals surface area contributed by atoms with Crippen molar-refractivity contribution in [2.75, 3.05) is 12.0 Å². The van der Waals surface area contributed by atoms with Crippen molar-refractivity contribution in [1.82, 2.24) is 4.98 Å². The van der Waals surface area contributed by atoms with Gasteiger partial charge in [0.05, 0.1) is 5.03 Å². The molecule has 0 fully saturated rings. The van der Waals surface area contributed by atoms with E-state index in [4.69, 9.17) is 17.3 Å². The van der Waals surface area contributed by atoms with Crippen LogP contribution in [0.2, 0.25) is 5.02 Å². The molecule has 16 heavy (non-hydrogen) atoms. The van der Waals surface area contributed by atoms with E-state index in [9.17, 15) is 0 Å². The van der Waals surface area contributed by atoms with Crippen LogP contribution in [0.15, 0.2) is 41.6 Å². The van der Waals surface area contributed by atoms with Crippen molar-refractivity contribution >= 4 is 29.1 Å². The van der Waals surface area contributed by atoms with Gasteiger partial charge in [-0.05, 0) is 30.5 Å². The van der Waals surface area contributed by atoms with Crippen LogP contribution in [-0.4, -0.2) is 11.2 Å². The highest BCUT2D eigenvalue weighted by molar-refractivity contribution is 7.98. The second-order valence-corrected chi connectivity index (χ2v) is 4.58. The van der Waals surface area contributed by atoms with E-state index in [0.29, 0.717) is 10.7 Å². The van der Waals surface area contributed by atoms with Crippen molar-refractivity contribution in [3.63, 3.8) is 0 Å². The second kappa shape index (κ2) is 4.76. The first kappa shape index (κ1) is 11.3. The van der Waals surface area contributed by atoms with Crippen molar-refractivity contribution < 1.29 is 0 Å². The zero-order chi connectivity index (χ0) is 11.5. The number of nitrogen functional groups attached to an aromatic ring is 1. The predicted molar refractivity (Wildman–Crippen MR) is 70.9 cm³/mol. The number of thioether (sulfide) groups is 1. The monoisotopic (exact) mass is 250 g/mol. The van der Waals surface area contributed by atoms with Gasteiger partial charge in [0.15, 0.2) is 0 Å². The van der Waals surface area contributed by atoms with Crippen LogP contribution < -0.4 is 5.73 Å². The van der Waals surface area contributed by atoms with Gasteiger partial charge < -0.3 is 5.73 Å². The quantitative estimate of drug-likeness (QED) is 0.652. The SMILES string of the molecule is CSc1ccc(-c2cc(Cl)ccc2N)cn1. The van der Waals surface area contributed by atoms with Crippen molar-refractivity contribution in [3.05, 3.63) is 41.6 Å². The first-order valence-corrected chi connectivity index (χ1v) is 6.36. The average molecular weight is 251 g/mol. The molecule has 0 saturated carbocycles. The molecule has 4 heteroatoms. The third-order valence-electron chi connectivity index (χ3n) is 2.27. The van der Waals surface area contributed by atoms with Crippen LogP contribution in [0.25, 0.3) is 11.1 Å². The van der Waals surface area contributed by atoms with Crippen LogP contribution in [0.3, 0.4) is 0 Å². The Bertz CT molecular complexity index is 497. The largest absolute Gasteiger partial charge is 0.398 e.